The molecule has 8 heteroatoms. The normalized spacial score (nSPS) is 14.7. The third-order valence-corrected chi connectivity index (χ3v) is 5.96. The van der Waals surface area contributed by atoms with E-state index >= 15 is 0 Å². The molecule has 1 aromatic heterocycles. The van der Waals surface area contributed by atoms with E-state index in [1.165, 1.54) is 23.2 Å². The van der Waals surface area contributed by atoms with Gasteiger partial charge in [-0.1, -0.05) is 36.6 Å². The lowest BCUT2D eigenvalue weighted by atomic mass is 10.1. The van der Waals surface area contributed by atoms with Gasteiger partial charge in [-0.25, -0.2) is 4.68 Å². The first kappa shape index (κ1) is 22.4. The van der Waals surface area contributed by atoms with Crippen molar-refractivity contribution in [3.05, 3.63) is 45.8 Å². The number of ether oxygens (including phenoxy) is 1. The number of hydrogen-bond donors (Lipinski definition) is 1. The summed E-state index contributed by atoms with van der Waals surface area (Å²) in [6, 6.07) is 8.25. The molecule has 0 saturated carbocycles. The fourth-order valence-electron chi connectivity index (χ4n) is 3.77. The Morgan fingerprint density at radius 3 is 2.60 bits per heavy atom. The lowest BCUT2D eigenvalue weighted by molar-refractivity contribution is 0.251. The molecule has 0 bridgehead atoms. The number of nitrogens with one attached hydrogen (secondary N) is 1. The van der Waals surface area contributed by atoms with Gasteiger partial charge in [-0.05, 0) is 31.5 Å². The Morgan fingerprint density at radius 1 is 1.10 bits per heavy atom. The Balaban J connectivity index is 1.28. The number of halogens is 1. The maximum atomic E-state index is 11.8. The van der Waals surface area contributed by atoms with Gasteiger partial charge in [-0.3, -0.25) is 9.69 Å². The van der Waals surface area contributed by atoms with Crippen LogP contribution in [0.3, 0.4) is 0 Å². The van der Waals surface area contributed by atoms with Gasteiger partial charge in [-0.2, -0.15) is 5.10 Å². The molecule has 1 aliphatic rings. The highest BCUT2D eigenvalue weighted by Gasteiger charge is 2.19. The smallest absolute Gasteiger partial charge is 0.287 e. The number of rotatable bonds is 10. The second-order valence-corrected chi connectivity index (χ2v) is 8.02. The molecule has 3 rings (SSSR count). The van der Waals surface area contributed by atoms with Crippen molar-refractivity contribution in [3.63, 3.8) is 0 Å². The van der Waals surface area contributed by atoms with Crippen LogP contribution >= 0.6 is 11.6 Å². The van der Waals surface area contributed by atoms with Crippen LogP contribution in [0.5, 0.6) is 5.75 Å². The average molecular weight is 434 g/mol. The van der Waals surface area contributed by atoms with Crippen molar-refractivity contribution in [2.24, 2.45) is 7.05 Å². The van der Waals surface area contributed by atoms with Crippen molar-refractivity contribution in [2.75, 3.05) is 56.6 Å². The summed E-state index contributed by atoms with van der Waals surface area (Å²) in [6.07, 6.45) is 6.23. The van der Waals surface area contributed by atoms with Crippen molar-refractivity contribution in [3.8, 4) is 5.75 Å². The van der Waals surface area contributed by atoms with E-state index in [2.05, 4.69) is 32.3 Å². The second kappa shape index (κ2) is 11.2. The number of para-hydroxylation sites is 2. The van der Waals surface area contributed by atoms with E-state index in [9.17, 15) is 4.79 Å². The van der Waals surface area contributed by atoms with E-state index in [-0.39, 0.29) is 10.6 Å². The van der Waals surface area contributed by atoms with Gasteiger partial charge in [0.1, 0.15) is 10.8 Å². The highest BCUT2D eigenvalue weighted by Crippen LogP contribution is 2.28. The summed E-state index contributed by atoms with van der Waals surface area (Å²) in [4.78, 5) is 16.7. The van der Waals surface area contributed by atoms with Gasteiger partial charge < -0.3 is 15.0 Å². The van der Waals surface area contributed by atoms with E-state index in [0.29, 0.717) is 5.69 Å². The highest BCUT2D eigenvalue weighted by atomic mass is 35.5. The standard InChI is InChI=1S/C22H32ClN5O2/c1-26-22(29)21(23)18(17-25-26)24-11-7-3-4-8-12-27-13-15-28(16-14-27)19-9-5-6-10-20(19)30-2/h5-6,9-10,17,24H,3-4,7-8,11-16H2,1-2H3. The molecule has 1 saturated heterocycles. The third kappa shape index (κ3) is 5.89. The van der Waals surface area contributed by atoms with Gasteiger partial charge in [0, 0.05) is 39.8 Å². The zero-order valence-corrected chi connectivity index (χ0v) is 18.7. The van der Waals surface area contributed by atoms with Gasteiger partial charge >= 0.3 is 0 Å². The summed E-state index contributed by atoms with van der Waals surface area (Å²) < 4.78 is 6.73. The molecule has 1 fully saturated rings. The third-order valence-electron chi connectivity index (χ3n) is 5.59. The van der Waals surface area contributed by atoms with Crippen molar-refractivity contribution in [1.29, 1.82) is 0 Å². The van der Waals surface area contributed by atoms with Crippen LogP contribution in [-0.2, 0) is 7.05 Å². The molecule has 0 amide bonds. The second-order valence-electron chi connectivity index (χ2n) is 7.64. The minimum absolute atomic E-state index is 0.208. The summed E-state index contributed by atoms with van der Waals surface area (Å²) in [5.74, 6) is 0.951. The predicted octanol–water partition coefficient (Wildman–Crippen LogP) is 3.24. The molecule has 2 aromatic rings. The summed E-state index contributed by atoms with van der Waals surface area (Å²) in [7, 11) is 3.33. The van der Waals surface area contributed by atoms with Crippen molar-refractivity contribution < 1.29 is 4.74 Å². The van der Waals surface area contributed by atoms with Crippen LogP contribution in [0.4, 0.5) is 11.4 Å². The molecule has 0 radical (unpaired) electrons. The number of aryl methyl sites for hydroxylation is 1. The first-order valence-electron chi connectivity index (χ1n) is 10.7. The molecule has 2 heterocycles. The Hall–Kier alpha value is -2.25. The number of benzene rings is 1. The lowest BCUT2D eigenvalue weighted by Crippen LogP contribution is -2.46. The zero-order valence-electron chi connectivity index (χ0n) is 17.9. The predicted molar refractivity (Wildman–Crippen MR) is 123 cm³/mol. The van der Waals surface area contributed by atoms with Crippen molar-refractivity contribution in [1.82, 2.24) is 14.7 Å². The maximum absolute atomic E-state index is 11.8. The molecule has 1 aromatic carbocycles. The highest BCUT2D eigenvalue weighted by molar-refractivity contribution is 6.32. The van der Waals surface area contributed by atoms with Crippen LogP contribution in [-0.4, -0.2) is 61.1 Å². The van der Waals surface area contributed by atoms with Gasteiger partial charge in [0.15, 0.2) is 0 Å². The van der Waals surface area contributed by atoms with Crippen LogP contribution < -0.4 is 20.5 Å². The molecule has 30 heavy (non-hydrogen) atoms. The molecule has 0 atom stereocenters. The molecule has 0 spiro atoms. The number of hydrogen-bond acceptors (Lipinski definition) is 6. The zero-order chi connectivity index (χ0) is 21.3. The van der Waals surface area contributed by atoms with Gasteiger partial charge in [-0.15, -0.1) is 0 Å². The Kier molecular flexibility index (Phi) is 8.39. The molecular formula is C22H32ClN5O2. The van der Waals surface area contributed by atoms with E-state index in [4.69, 9.17) is 16.3 Å². The Bertz CT molecular complexity index is 865. The number of piperazine rings is 1. The molecule has 0 aliphatic carbocycles. The van der Waals surface area contributed by atoms with Crippen molar-refractivity contribution in [2.45, 2.75) is 25.7 Å². The van der Waals surface area contributed by atoms with Crippen molar-refractivity contribution >= 4 is 23.0 Å². The minimum atomic E-state index is -0.271. The van der Waals surface area contributed by atoms with Gasteiger partial charge in [0.2, 0.25) is 0 Å². The first-order valence-corrected chi connectivity index (χ1v) is 11.0. The minimum Gasteiger partial charge on any atom is -0.495 e. The number of aromatic nitrogens is 2. The van der Waals surface area contributed by atoms with Gasteiger partial charge in [0.05, 0.1) is 24.7 Å². The summed E-state index contributed by atoms with van der Waals surface area (Å²) in [6.45, 7) is 6.21. The molecule has 7 nitrogen and oxygen atoms in total. The maximum Gasteiger partial charge on any atom is 0.287 e. The molecule has 0 unspecified atom stereocenters. The topological polar surface area (TPSA) is 62.6 Å². The van der Waals surface area contributed by atoms with Gasteiger partial charge in [0.25, 0.3) is 5.56 Å². The average Bonchev–Trinajstić information content (AvgIpc) is 2.78. The summed E-state index contributed by atoms with van der Waals surface area (Å²) in [5, 5.41) is 7.42. The lowest BCUT2D eigenvalue weighted by Gasteiger charge is -2.36. The molecule has 1 N–H and O–H groups in total. The molecule has 1 aliphatic heterocycles. The molecule has 164 valence electrons. The SMILES string of the molecule is COc1ccccc1N1CCN(CCCCCCNc2cnn(C)c(=O)c2Cl)CC1. The summed E-state index contributed by atoms with van der Waals surface area (Å²) >= 11 is 6.06. The van der Waals surface area contributed by atoms with E-state index < -0.39 is 0 Å². The Labute approximate surface area is 183 Å². The van der Waals surface area contributed by atoms with Crippen LogP contribution in [0, 0.1) is 0 Å². The number of anilines is 2. The van der Waals surface area contributed by atoms with E-state index in [1.807, 2.05) is 12.1 Å². The quantitative estimate of drug-likeness (QED) is 0.580. The van der Waals surface area contributed by atoms with Crippen LogP contribution in [0.1, 0.15) is 25.7 Å². The Morgan fingerprint density at radius 2 is 1.83 bits per heavy atom. The monoisotopic (exact) mass is 433 g/mol. The fourth-order valence-corrected chi connectivity index (χ4v) is 4.01. The number of unbranched alkanes of at least 4 members (excludes halogenated alkanes) is 3. The number of methoxy groups -OCH3 is 1. The fraction of sp³-hybridized carbons (Fsp3) is 0.545. The summed E-state index contributed by atoms with van der Waals surface area (Å²) in [5.41, 5.74) is 1.54. The van der Waals surface area contributed by atoms with Crippen LogP contribution in [0.25, 0.3) is 0 Å². The molecular weight excluding hydrogens is 402 g/mol. The first-order chi connectivity index (χ1) is 14.6. The van der Waals surface area contributed by atoms with Crippen LogP contribution in [0.2, 0.25) is 5.02 Å². The van der Waals surface area contributed by atoms with E-state index in [0.717, 1.165) is 57.9 Å². The van der Waals surface area contributed by atoms with Crippen LogP contribution in [0.15, 0.2) is 35.3 Å². The largest absolute Gasteiger partial charge is 0.495 e. The van der Waals surface area contributed by atoms with E-state index in [1.54, 1.807) is 20.4 Å². The number of nitrogens with zero attached hydrogens (tertiary/aromatic N) is 4.